The van der Waals surface area contributed by atoms with Crippen molar-refractivity contribution in [2.24, 2.45) is 5.92 Å². The van der Waals surface area contributed by atoms with E-state index in [0.717, 1.165) is 6.54 Å². The van der Waals surface area contributed by atoms with Gasteiger partial charge < -0.3 is 5.11 Å². The van der Waals surface area contributed by atoms with E-state index < -0.39 is 11.9 Å². The Kier molecular flexibility index (Phi) is 5.31. The topological polar surface area (TPSA) is 50.9 Å². The van der Waals surface area contributed by atoms with E-state index in [0.29, 0.717) is 28.7 Å². The zero-order valence-electron chi connectivity index (χ0n) is 12.1. The van der Waals surface area contributed by atoms with Crippen molar-refractivity contribution < 1.29 is 9.50 Å². The molecule has 2 rings (SSSR count). The number of hydrogen-bond donors (Lipinski definition) is 1. The molecule has 0 aliphatic carbocycles. The molecule has 1 unspecified atom stereocenters. The Balaban J connectivity index is 2.05. The predicted octanol–water partition coefficient (Wildman–Crippen LogP) is 2.87. The van der Waals surface area contributed by atoms with Crippen molar-refractivity contribution in [2.45, 2.75) is 39.3 Å². The smallest absolute Gasteiger partial charge is 0.138 e. The van der Waals surface area contributed by atoms with Crippen LogP contribution in [0.25, 0.3) is 0 Å². The van der Waals surface area contributed by atoms with Gasteiger partial charge in [0, 0.05) is 30.0 Å². The molecule has 1 atom stereocenters. The van der Waals surface area contributed by atoms with Crippen molar-refractivity contribution in [1.82, 2.24) is 14.8 Å². The summed E-state index contributed by atoms with van der Waals surface area (Å²) in [5.74, 6) is 0.734. The average molecular weight is 312 g/mol. The van der Waals surface area contributed by atoms with Crippen LogP contribution in [-0.4, -0.2) is 26.0 Å². The van der Waals surface area contributed by atoms with E-state index in [-0.39, 0.29) is 6.42 Å². The highest BCUT2D eigenvalue weighted by Crippen LogP contribution is 2.21. The normalized spacial score (nSPS) is 12.9. The zero-order valence-corrected chi connectivity index (χ0v) is 12.9. The van der Waals surface area contributed by atoms with E-state index in [2.05, 4.69) is 23.9 Å². The number of halogens is 2. The maximum atomic E-state index is 13.7. The van der Waals surface area contributed by atoms with Crippen LogP contribution in [0.2, 0.25) is 5.02 Å². The van der Waals surface area contributed by atoms with Crippen LogP contribution in [0.4, 0.5) is 4.39 Å². The third-order valence-corrected chi connectivity index (χ3v) is 3.51. The Bertz CT molecular complexity index is 580. The number of aromatic nitrogens is 3. The third kappa shape index (κ3) is 4.25. The summed E-state index contributed by atoms with van der Waals surface area (Å²) in [6.07, 6.45) is 1.19. The van der Waals surface area contributed by atoms with E-state index in [9.17, 15) is 9.50 Å². The molecule has 6 heteroatoms. The lowest BCUT2D eigenvalue weighted by Gasteiger charge is -2.14. The minimum Gasteiger partial charge on any atom is -0.392 e. The van der Waals surface area contributed by atoms with E-state index >= 15 is 0 Å². The molecule has 1 aromatic heterocycles. The van der Waals surface area contributed by atoms with Crippen LogP contribution in [0.1, 0.15) is 25.2 Å². The van der Waals surface area contributed by atoms with Crippen LogP contribution >= 0.6 is 11.6 Å². The van der Waals surface area contributed by atoms with Gasteiger partial charge in [-0.25, -0.2) is 14.1 Å². The molecule has 1 aromatic carbocycles. The third-order valence-electron chi connectivity index (χ3n) is 3.15. The lowest BCUT2D eigenvalue weighted by atomic mass is 10.0. The van der Waals surface area contributed by atoms with Crippen molar-refractivity contribution >= 4 is 11.6 Å². The number of hydrogen-bond acceptors (Lipinski definition) is 3. The van der Waals surface area contributed by atoms with E-state index in [1.165, 1.54) is 12.4 Å². The van der Waals surface area contributed by atoms with Gasteiger partial charge in [0.2, 0.25) is 0 Å². The van der Waals surface area contributed by atoms with Gasteiger partial charge in [-0.3, -0.25) is 0 Å². The molecule has 0 amide bonds. The highest BCUT2D eigenvalue weighted by Gasteiger charge is 2.16. The first-order valence-electron chi connectivity index (χ1n) is 6.95. The lowest BCUT2D eigenvalue weighted by Crippen LogP contribution is -2.20. The minimum absolute atomic E-state index is 0.153. The molecule has 0 aliphatic heterocycles. The second-order valence-corrected chi connectivity index (χ2v) is 5.92. The molecule has 0 saturated heterocycles. The standard InChI is InChI=1S/C15H19ClFN3O/c1-10(2)8-20-15(18-9-19-20)7-11(21)6-12-13(16)4-3-5-14(12)17/h3-5,9-11,21H,6-8H2,1-2H3. The zero-order chi connectivity index (χ0) is 15.4. The fourth-order valence-electron chi connectivity index (χ4n) is 2.19. The molecule has 2 aromatic rings. The summed E-state index contributed by atoms with van der Waals surface area (Å²) in [4.78, 5) is 4.16. The summed E-state index contributed by atoms with van der Waals surface area (Å²) in [6, 6.07) is 4.51. The Labute approximate surface area is 128 Å². The summed E-state index contributed by atoms with van der Waals surface area (Å²) in [7, 11) is 0. The van der Waals surface area contributed by atoms with Crippen molar-refractivity contribution in [3.05, 3.63) is 46.8 Å². The van der Waals surface area contributed by atoms with E-state index in [1.54, 1.807) is 16.8 Å². The molecule has 0 spiro atoms. The highest BCUT2D eigenvalue weighted by molar-refractivity contribution is 6.31. The van der Waals surface area contributed by atoms with Gasteiger partial charge in [-0.1, -0.05) is 31.5 Å². The van der Waals surface area contributed by atoms with Crippen LogP contribution in [0.15, 0.2) is 24.5 Å². The predicted molar refractivity (Wildman–Crippen MR) is 79.7 cm³/mol. The fraction of sp³-hybridized carbons (Fsp3) is 0.467. The summed E-state index contributed by atoms with van der Waals surface area (Å²) >= 11 is 5.97. The van der Waals surface area contributed by atoms with Crippen molar-refractivity contribution in [2.75, 3.05) is 0 Å². The van der Waals surface area contributed by atoms with Crippen LogP contribution in [-0.2, 0) is 19.4 Å². The van der Waals surface area contributed by atoms with Crippen molar-refractivity contribution in [3.8, 4) is 0 Å². The molecule has 114 valence electrons. The van der Waals surface area contributed by atoms with Gasteiger partial charge in [0.25, 0.3) is 0 Å². The number of aliphatic hydroxyl groups is 1. The first-order valence-corrected chi connectivity index (χ1v) is 7.32. The largest absolute Gasteiger partial charge is 0.392 e. The molecule has 0 saturated carbocycles. The van der Waals surface area contributed by atoms with E-state index in [4.69, 9.17) is 11.6 Å². The summed E-state index contributed by atoms with van der Waals surface area (Å²) in [5.41, 5.74) is 0.335. The summed E-state index contributed by atoms with van der Waals surface area (Å²) < 4.78 is 15.5. The first-order chi connectivity index (χ1) is 9.97. The quantitative estimate of drug-likeness (QED) is 0.892. The van der Waals surface area contributed by atoms with Gasteiger partial charge in [-0.05, 0) is 18.1 Å². The monoisotopic (exact) mass is 311 g/mol. The van der Waals surface area contributed by atoms with Crippen molar-refractivity contribution in [3.63, 3.8) is 0 Å². The molecule has 1 heterocycles. The first kappa shape index (κ1) is 15.9. The van der Waals surface area contributed by atoms with Crippen LogP contribution in [0.5, 0.6) is 0 Å². The fourth-order valence-corrected chi connectivity index (χ4v) is 2.43. The number of rotatable bonds is 6. The minimum atomic E-state index is -0.755. The molecule has 4 nitrogen and oxygen atoms in total. The molecule has 1 N–H and O–H groups in total. The number of nitrogens with zero attached hydrogens (tertiary/aromatic N) is 3. The molecular formula is C15H19ClFN3O. The molecule has 21 heavy (non-hydrogen) atoms. The Morgan fingerprint density at radius 2 is 2.10 bits per heavy atom. The Morgan fingerprint density at radius 3 is 2.76 bits per heavy atom. The van der Waals surface area contributed by atoms with Crippen LogP contribution in [0, 0.1) is 11.7 Å². The SMILES string of the molecule is CC(C)Cn1ncnc1CC(O)Cc1c(F)cccc1Cl. The highest BCUT2D eigenvalue weighted by atomic mass is 35.5. The van der Waals surface area contributed by atoms with Crippen LogP contribution < -0.4 is 0 Å². The van der Waals surface area contributed by atoms with Gasteiger partial charge >= 0.3 is 0 Å². The molecule has 0 radical (unpaired) electrons. The maximum absolute atomic E-state index is 13.7. The second kappa shape index (κ2) is 7.00. The van der Waals surface area contributed by atoms with Gasteiger partial charge in [-0.2, -0.15) is 5.10 Å². The number of benzene rings is 1. The Hall–Kier alpha value is -1.46. The Morgan fingerprint density at radius 1 is 1.33 bits per heavy atom. The van der Waals surface area contributed by atoms with Crippen molar-refractivity contribution in [1.29, 1.82) is 0 Å². The molecular weight excluding hydrogens is 293 g/mol. The van der Waals surface area contributed by atoms with Gasteiger partial charge in [0.1, 0.15) is 18.0 Å². The number of aliphatic hydroxyl groups excluding tert-OH is 1. The molecule has 0 bridgehead atoms. The van der Waals surface area contributed by atoms with Gasteiger partial charge in [0.15, 0.2) is 0 Å². The summed E-state index contributed by atoms with van der Waals surface area (Å²) in [5, 5.41) is 14.7. The van der Waals surface area contributed by atoms with Crippen LogP contribution in [0.3, 0.4) is 0 Å². The second-order valence-electron chi connectivity index (χ2n) is 5.51. The lowest BCUT2D eigenvalue weighted by molar-refractivity contribution is 0.169. The molecule has 0 fully saturated rings. The maximum Gasteiger partial charge on any atom is 0.138 e. The van der Waals surface area contributed by atoms with E-state index in [1.807, 2.05) is 0 Å². The average Bonchev–Trinajstić information content (AvgIpc) is 2.80. The molecule has 0 aliphatic rings. The van der Waals surface area contributed by atoms with Gasteiger partial charge in [-0.15, -0.1) is 0 Å². The van der Waals surface area contributed by atoms with Gasteiger partial charge in [0.05, 0.1) is 6.10 Å². The summed E-state index contributed by atoms with van der Waals surface area (Å²) in [6.45, 7) is 4.91.